The number of amides is 1. The number of alkyl halides is 6. The lowest BCUT2D eigenvalue weighted by atomic mass is 9.73. The second-order valence-electron chi connectivity index (χ2n) is 13.2. The number of hydrogen-bond donors (Lipinski definition) is 0. The van der Waals surface area contributed by atoms with E-state index in [-0.39, 0.29) is 18.2 Å². The van der Waals surface area contributed by atoms with E-state index in [0.29, 0.717) is 41.2 Å². The zero-order valence-electron chi connectivity index (χ0n) is 25.8. The van der Waals surface area contributed by atoms with Gasteiger partial charge in [0.1, 0.15) is 0 Å². The fraction of sp³-hybridized carbons (Fsp3) is 0.618. The molecule has 0 unspecified atom stereocenters. The van der Waals surface area contributed by atoms with Crippen molar-refractivity contribution in [3.63, 3.8) is 0 Å². The number of benzene rings is 2. The Morgan fingerprint density at radius 3 is 2.04 bits per heavy atom. The van der Waals surface area contributed by atoms with Crippen LogP contribution in [0.15, 0.2) is 36.4 Å². The third-order valence-electron chi connectivity index (χ3n) is 10.1. The summed E-state index contributed by atoms with van der Waals surface area (Å²) in [6, 6.07) is 7.54. The van der Waals surface area contributed by atoms with Gasteiger partial charge in [0.15, 0.2) is 0 Å². The third kappa shape index (κ3) is 8.71. The molecule has 0 aromatic heterocycles. The van der Waals surface area contributed by atoms with Crippen LogP contribution in [0.2, 0.25) is 10.0 Å². The molecule has 0 spiro atoms. The average molecular weight is 693 g/mol. The van der Waals surface area contributed by atoms with Crippen molar-refractivity contribution in [2.45, 2.75) is 88.0 Å². The highest BCUT2D eigenvalue weighted by atomic mass is 35.5. The van der Waals surface area contributed by atoms with E-state index in [1.54, 1.807) is 11.0 Å². The standard InChI is InChI=1S/C34H41Cl2F6N3O/c35-29-9-8-25(22-30(29)36)32(11-13-43-14-16-44(17-15-43)28-6-2-1-3-7-28)10-4-5-12-45(23-32)31(46)20-24-18-26(33(37,38)39)21-27(19-24)34(40,41)42/h8-9,18-19,21-22,28H,1-7,10-17,20,23H2/t32-/m0/s1. The van der Waals surface area contributed by atoms with Crippen LogP contribution in [-0.2, 0) is 29.0 Å². The van der Waals surface area contributed by atoms with Crippen LogP contribution in [0, 0.1) is 0 Å². The third-order valence-corrected chi connectivity index (χ3v) is 10.9. The number of rotatable bonds is 7. The molecule has 2 aliphatic heterocycles. The first kappa shape index (κ1) is 35.3. The Hall–Kier alpha value is -2.01. The summed E-state index contributed by atoms with van der Waals surface area (Å²) in [5.74, 6) is -0.500. The summed E-state index contributed by atoms with van der Waals surface area (Å²) in [7, 11) is 0. The lowest BCUT2D eigenvalue weighted by molar-refractivity contribution is -0.143. The molecule has 3 aliphatic rings. The lowest BCUT2D eigenvalue weighted by Gasteiger charge is -2.43. The second kappa shape index (κ2) is 14.6. The smallest absolute Gasteiger partial charge is 0.342 e. The molecule has 2 aromatic rings. The van der Waals surface area contributed by atoms with Crippen LogP contribution in [0.3, 0.4) is 0 Å². The Morgan fingerprint density at radius 1 is 0.783 bits per heavy atom. The Bertz CT molecular complexity index is 1320. The van der Waals surface area contributed by atoms with Crippen molar-refractivity contribution in [1.29, 1.82) is 0 Å². The molecule has 0 bridgehead atoms. The SMILES string of the molecule is O=C(Cc1cc(C(F)(F)F)cc(C(F)(F)F)c1)N1CCCC[C@@](CCN2CCN(C3CCCCC3)CC2)(c2ccc(Cl)c(Cl)c2)C1. The summed E-state index contributed by atoms with van der Waals surface area (Å²) < 4.78 is 81.0. The van der Waals surface area contributed by atoms with Gasteiger partial charge >= 0.3 is 12.4 Å². The van der Waals surface area contributed by atoms with E-state index in [1.165, 1.54) is 32.1 Å². The molecule has 1 saturated carbocycles. The number of piperazine rings is 1. The average Bonchev–Trinajstić information content (AvgIpc) is 3.25. The van der Waals surface area contributed by atoms with Gasteiger partial charge in [-0.25, -0.2) is 0 Å². The van der Waals surface area contributed by atoms with E-state index >= 15 is 0 Å². The molecule has 5 rings (SSSR count). The van der Waals surface area contributed by atoms with Gasteiger partial charge in [-0.1, -0.05) is 55.0 Å². The molecule has 2 saturated heterocycles. The summed E-state index contributed by atoms with van der Waals surface area (Å²) in [6.07, 6.45) is -1.11. The predicted molar refractivity (Wildman–Crippen MR) is 168 cm³/mol. The van der Waals surface area contributed by atoms with Crippen molar-refractivity contribution in [3.8, 4) is 0 Å². The molecule has 12 heteroatoms. The van der Waals surface area contributed by atoms with Crippen LogP contribution in [-0.4, -0.2) is 72.5 Å². The molecule has 1 aliphatic carbocycles. The predicted octanol–water partition coefficient (Wildman–Crippen LogP) is 8.86. The number of likely N-dealkylation sites (tertiary alicyclic amines) is 1. The molecular weight excluding hydrogens is 651 g/mol. The van der Waals surface area contributed by atoms with Crippen molar-refractivity contribution in [2.75, 3.05) is 45.8 Å². The molecule has 254 valence electrons. The highest BCUT2D eigenvalue weighted by molar-refractivity contribution is 6.42. The molecule has 4 nitrogen and oxygen atoms in total. The highest BCUT2D eigenvalue weighted by Gasteiger charge is 2.40. The second-order valence-corrected chi connectivity index (χ2v) is 14.0. The van der Waals surface area contributed by atoms with Gasteiger partial charge in [-0.05, 0) is 80.1 Å². The van der Waals surface area contributed by atoms with Gasteiger partial charge in [0.2, 0.25) is 5.91 Å². The topological polar surface area (TPSA) is 26.8 Å². The minimum atomic E-state index is -4.98. The first-order valence-electron chi connectivity index (χ1n) is 16.2. The minimum Gasteiger partial charge on any atom is -0.342 e. The molecule has 2 heterocycles. The Morgan fingerprint density at radius 2 is 1.43 bits per heavy atom. The maximum Gasteiger partial charge on any atom is 0.416 e. The summed E-state index contributed by atoms with van der Waals surface area (Å²) in [6.45, 7) is 5.40. The maximum atomic E-state index is 13.7. The van der Waals surface area contributed by atoms with Gasteiger partial charge in [-0.3, -0.25) is 9.69 Å². The van der Waals surface area contributed by atoms with Gasteiger partial charge < -0.3 is 9.80 Å². The summed E-state index contributed by atoms with van der Waals surface area (Å²) >= 11 is 12.7. The minimum absolute atomic E-state index is 0.0875. The molecule has 1 amide bonds. The number of nitrogens with zero attached hydrogens (tertiary/aromatic N) is 3. The van der Waals surface area contributed by atoms with Gasteiger partial charge in [0.05, 0.1) is 27.6 Å². The fourth-order valence-corrected chi connectivity index (χ4v) is 7.79. The van der Waals surface area contributed by atoms with E-state index in [0.717, 1.165) is 57.5 Å². The van der Waals surface area contributed by atoms with Crippen molar-refractivity contribution >= 4 is 29.1 Å². The zero-order valence-corrected chi connectivity index (χ0v) is 27.3. The van der Waals surface area contributed by atoms with Crippen LogP contribution in [0.25, 0.3) is 0 Å². The van der Waals surface area contributed by atoms with Gasteiger partial charge in [-0.15, -0.1) is 0 Å². The van der Waals surface area contributed by atoms with E-state index in [2.05, 4.69) is 9.80 Å². The van der Waals surface area contributed by atoms with Gasteiger partial charge in [0, 0.05) is 50.7 Å². The Balaban J connectivity index is 1.35. The summed E-state index contributed by atoms with van der Waals surface area (Å²) in [4.78, 5) is 20.4. The largest absolute Gasteiger partial charge is 0.416 e. The first-order valence-corrected chi connectivity index (χ1v) is 17.0. The van der Waals surface area contributed by atoms with E-state index < -0.39 is 41.2 Å². The molecule has 0 N–H and O–H groups in total. The van der Waals surface area contributed by atoms with Crippen LogP contribution in [0.4, 0.5) is 26.3 Å². The number of halogens is 8. The number of carbonyl (C=O) groups excluding carboxylic acids is 1. The van der Waals surface area contributed by atoms with Crippen molar-refractivity contribution in [3.05, 3.63) is 68.7 Å². The molecular formula is C34H41Cl2F6N3O. The molecule has 3 fully saturated rings. The highest BCUT2D eigenvalue weighted by Crippen LogP contribution is 2.41. The maximum absolute atomic E-state index is 13.7. The molecule has 46 heavy (non-hydrogen) atoms. The number of carbonyl (C=O) groups is 1. The van der Waals surface area contributed by atoms with Gasteiger partial charge in [-0.2, -0.15) is 26.3 Å². The van der Waals surface area contributed by atoms with Gasteiger partial charge in [0.25, 0.3) is 0 Å². The molecule has 0 radical (unpaired) electrons. The van der Waals surface area contributed by atoms with E-state index in [4.69, 9.17) is 23.2 Å². The molecule has 2 aromatic carbocycles. The Kier molecular flexibility index (Phi) is 11.2. The quantitative estimate of drug-likeness (QED) is 0.272. The Labute approximate surface area is 277 Å². The first-order chi connectivity index (χ1) is 21.7. The number of hydrogen-bond acceptors (Lipinski definition) is 3. The zero-order chi connectivity index (χ0) is 33.1. The monoisotopic (exact) mass is 691 g/mol. The lowest BCUT2D eigenvalue weighted by Crippen LogP contribution is -2.52. The fourth-order valence-electron chi connectivity index (χ4n) is 7.49. The van der Waals surface area contributed by atoms with Crippen molar-refractivity contribution in [1.82, 2.24) is 14.7 Å². The normalized spacial score (nSPS) is 23.0. The summed E-state index contributed by atoms with van der Waals surface area (Å²) in [5.41, 5.74) is -2.73. The van der Waals surface area contributed by atoms with Crippen LogP contribution in [0.5, 0.6) is 0 Å². The summed E-state index contributed by atoms with van der Waals surface area (Å²) in [5, 5.41) is 0.802. The van der Waals surface area contributed by atoms with E-state index in [9.17, 15) is 31.1 Å². The van der Waals surface area contributed by atoms with Crippen LogP contribution >= 0.6 is 23.2 Å². The van der Waals surface area contributed by atoms with E-state index in [1.807, 2.05) is 12.1 Å². The van der Waals surface area contributed by atoms with Crippen LogP contribution < -0.4 is 0 Å². The van der Waals surface area contributed by atoms with Crippen molar-refractivity contribution in [2.24, 2.45) is 0 Å². The van der Waals surface area contributed by atoms with Crippen LogP contribution in [0.1, 0.15) is 80.0 Å². The van der Waals surface area contributed by atoms with Crippen molar-refractivity contribution < 1.29 is 31.1 Å². The molecule has 1 atom stereocenters.